The van der Waals surface area contributed by atoms with E-state index in [-0.39, 0.29) is 18.4 Å². The van der Waals surface area contributed by atoms with Gasteiger partial charge in [-0.2, -0.15) is 5.26 Å². The molecule has 0 fully saturated rings. The van der Waals surface area contributed by atoms with Crippen LogP contribution in [-0.2, 0) is 4.79 Å². The quantitative estimate of drug-likeness (QED) is 0.543. The van der Waals surface area contributed by atoms with Crippen molar-refractivity contribution in [2.24, 2.45) is 11.7 Å². The van der Waals surface area contributed by atoms with Gasteiger partial charge in [-0.25, -0.2) is 0 Å². The van der Waals surface area contributed by atoms with E-state index >= 15 is 0 Å². The molecule has 0 aliphatic rings. The van der Waals surface area contributed by atoms with Crippen LogP contribution in [0.15, 0.2) is 0 Å². The summed E-state index contributed by atoms with van der Waals surface area (Å²) in [5.41, 5.74) is 5.31. The molecule has 0 bridgehead atoms. The van der Waals surface area contributed by atoms with E-state index in [0.29, 0.717) is 13.0 Å². The summed E-state index contributed by atoms with van der Waals surface area (Å²) >= 11 is 0. The van der Waals surface area contributed by atoms with E-state index < -0.39 is 0 Å². The van der Waals surface area contributed by atoms with Gasteiger partial charge in [-0.1, -0.05) is 6.92 Å². The maximum Gasteiger partial charge on any atom is 0.225 e. The van der Waals surface area contributed by atoms with Crippen LogP contribution in [-0.4, -0.2) is 19.0 Å². The molecule has 4 nitrogen and oxygen atoms in total. The minimum atomic E-state index is -0.150. The number of amides is 1. The zero-order valence-electron chi connectivity index (χ0n) is 6.63. The number of carbonyl (C=O) groups is 1. The Balaban J connectivity index is 3.72. The molecule has 0 aromatic rings. The molecule has 0 aromatic heterocycles. The van der Waals surface area contributed by atoms with E-state index in [4.69, 9.17) is 11.0 Å². The Hall–Kier alpha value is -1.08. The van der Waals surface area contributed by atoms with Crippen LogP contribution in [0.5, 0.6) is 0 Å². The van der Waals surface area contributed by atoms with Crippen molar-refractivity contribution in [3.63, 3.8) is 0 Å². The Morgan fingerprint density at radius 1 is 1.82 bits per heavy atom. The summed E-state index contributed by atoms with van der Waals surface area (Å²) in [6.07, 6.45) is 0.716. The smallest absolute Gasteiger partial charge is 0.225 e. The highest BCUT2D eigenvalue weighted by molar-refractivity contribution is 5.78. The van der Waals surface area contributed by atoms with E-state index in [2.05, 4.69) is 5.32 Å². The van der Waals surface area contributed by atoms with Crippen molar-refractivity contribution in [3.8, 4) is 6.07 Å². The summed E-state index contributed by atoms with van der Waals surface area (Å²) in [7, 11) is 0. The van der Waals surface area contributed by atoms with Crippen LogP contribution in [0.25, 0.3) is 0 Å². The summed E-state index contributed by atoms with van der Waals surface area (Å²) in [6.45, 7) is 2.30. The van der Waals surface area contributed by atoms with E-state index in [9.17, 15) is 4.79 Å². The van der Waals surface area contributed by atoms with Gasteiger partial charge in [-0.3, -0.25) is 4.79 Å². The lowest BCUT2D eigenvalue weighted by Crippen LogP contribution is -2.34. The standard InChI is InChI=1S/C7H13N3O/c1-2-6(5-9)7(11)10-4-3-8/h6H,2,4-5,9H2,1H3,(H,10,11). The van der Waals surface area contributed by atoms with Crippen molar-refractivity contribution in [3.05, 3.63) is 0 Å². The van der Waals surface area contributed by atoms with Crippen LogP contribution in [0, 0.1) is 17.2 Å². The van der Waals surface area contributed by atoms with Gasteiger partial charge in [0.25, 0.3) is 0 Å². The van der Waals surface area contributed by atoms with E-state index in [1.54, 1.807) is 0 Å². The largest absolute Gasteiger partial charge is 0.343 e. The van der Waals surface area contributed by atoms with Crippen molar-refractivity contribution in [2.75, 3.05) is 13.1 Å². The molecule has 0 heterocycles. The molecule has 0 radical (unpaired) electrons. The first-order chi connectivity index (χ1) is 5.26. The third kappa shape index (κ3) is 3.58. The van der Waals surface area contributed by atoms with Crippen molar-refractivity contribution in [1.82, 2.24) is 5.32 Å². The molecule has 0 aromatic carbocycles. The number of nitrogens with two attached hydrogens (primary N) is 1. The average Bonchev–Trinajstić information content (AvgIpc) is 2.03. The molecule has 1 unspecified atom stereocenters. The minimum absolute atomic E-state index is 0.0648. The normalized spacial score (nSPS) is 11.7. The zero-order valence-corrected chi connectivity index (χ0v) is 6.63. The van der Waals surface area contributed by atoms with Gasteiger partial charge < -0.3 is 11.1 Å². The molecule has 0 saturated heterocycles. The van der Waals surface area contributed by atoms with Crippen molar-refractivity contribution in [1.29, 1.82) is 5.26 Å². The highest BCUT2D eigenvalue weighted by Crippen LogP contribution is 1.98. The van der Waals surface area contributed by atoms with Gasteiger partial charge >= 0.3 is 0 Å². The molecule has 0 spiro atoms. The molecule has 4 heteroatoms. The molecule has 3 N–H and O–H groups in total. The predicted molar refractivity (Wildman–Crippen MR) is 41.5 cm³/mol. The van der Waals surface area contributed by atoms with E-state index in [0.717, 1.165) is 0 Å². The molecule has 1 amide bonds. The number of carbonyl (C=O) groups excluding carboxylic acids is 1. The number of nitrogens with one attached hydrogen (secondary N) is 1. The van der Waals surface area contributed by atoms with Crippen LogP contribution in [0.1, 0.15) is 13.3 Å². The molecule has 0 aliphatic heterocycles. The first-order valence-corrected chi connectivity index (χ1v) is 3.61. The molecule has 0 aliphatic carbocycles. The highest BCUT2D eigenvalue weighted by atomic mass is 16.1. The molecular formula is C7H13N3O. The lowest BCUT2D eigenvalue weighted by atomic mass is 10.1. The summed E-state index contributed by atoms with van der Waals surface area (Å²) in [5, 5.41) is 10.6. The predicted octanol–water partition coefficient (Wildman–Crippen LogP) is -0.389. The van der Waals surface area contributed by atoms with Gasteiger partial charge in [0, 0.05) is 12.5 Å². The molecule has 11 heavy (non-hydrogen) atoms. The van der Waals surface area contributed by atoms with Gasteiger partial charge in [0.1, 0.15) is 6.54 Å². The maximum atomic E-state index is 11.0. The Morgan fingerprint density at radius 2 is 2.45 bits per heavy atom. The number of hydrogen-bond acceptors (Lipinski definition) is 3. The fourth-order valence-electron chi connectivity index (χ4n) is 0.730. The first kappa shape index (κ1) is 9.92. The van der Waals surface area contributed by atoms with Crippen molar-refractivity contribution < 1.29 is 4.79 Å². The third-order valence-corrected chi connectivity index (χ3v) is 1.49. The Morgan fingerprint density at radius 3 is 2.82 bits per heavy atom. The van der Waals surface area contributed by atoms with E-state index in [1.807, 2.05) is 13.0 Å². The number of nitriles is 1. The molecule has 1 atom stereocenters. The summed E-state index contributed by atoms with van der Waals surface area (Å²) in [6, 6.07) is 1.83. The second-order valence-corrected chi connectivity index (χ2v) is 2.22. The highest BCUT2D eigenvalue weighted by Gasteiger charge is 2.12. The van der Waals surface area contributed by atoms with Gasteiger partial charge in [0.2, 0.25) is 5.91 Å². The molecule has 0 saturated carbocycles. The first-order valence-electron chi connectivity index (χ1n) is 3.61. The molecule has 0 rings (SSSR count). The fraction of sp³-hybridized carbons (Fsp3) is 0.714. The Bertz CT molecular complexity index is 158. The number of rotatable bonds is 4. The lowest BCUT2D eigenvalue weighted by Gasteiger charge is -2.09. The monoisotopic (exact) mass is 155 g/mol. The van der Waals surface area contributed by atoms with Gasteiger partial charge in [0.05, 0.1) is 6.07 Å². The SMILES string of the molecule is CCC(CN)C(=O)NCC#N. The number of hydrogen-bond donors (Lipinski definition) is 2. The van der Waals surface area contributed by atoms with Crippen LogP contribution in [0.4, 0.5) is 0 Å². The Labute approximate surface area is 66.4 Å². The topological polar surface area (TPSA) is 78.9 Å². The van der Waals surface area contributed by atoms with Crippen molar-refractivity contribution >= 4 is 5.91 Å². The second kappa shape index (κ2) is 5.69. The number of nitrogens with zero attached hydrogens (tertiary/aromatic N) is 1. The zero-order chi connectivity index (χ0) is 8.69. The fourth-order valence-corrected chi connectivity index (χ4v) is 0.730. The van der Waals surface area contributed by atoms with E-state index in [1.165, 1.54) is 0 Å². The van der Waals surface area contributed by atoms with Crippen LogP contribution < -0.4 is 11.1 Å². The van der Waals surface area contributed by atoms with Gasteiger partial charge in [-0.15, -0.1) is 0 Å². The molecular weight excluding hydrogens is 142 g/mol. The summed E-state index contributed by atoms with van der Waals surface area (Å²) < 4.78 is 0. The summed E-state index contributed by atoms with van der Waals surface area (Å²) in [4.78, 5) is 11.0. The Kier molecular flexibility index (Phi) is 5.13. The van der Waals surface area contributed by atoms with Gasteiger partial charge in [0.15, 0.2) is 0 Å². The van der Waals surface area contributed by atoms with Crippen LogP contribution in [0.3, 0.4) is 0 Å². The second-order valence-electron chi connectivity index (χ2n) is 2.22. The molecule has 62 valence electrons. The third-order valence-electron chi connectivity index (χ3n) is 1.49. The van der Waals surface area contributed by atoms with Crippen molar-refractivity contribution in [2.45, 2.75) is 13.3 Å². The van der Waals surface area contributed by atoms with Crippen LogP contribution >= 0.6 is 0 Å². The van der Waals surface area contributed by atoms with Crippen LogP contribution in [0.2, 0.25) is 0 Å². The summed E-state index contributed by atoms with van der Waals surface area (Å²) in [5.74, 6) is -0.278. The minimum Gasteiger partial charge on any atom is -0.343 e. The maximum absolute atomic E-state index is 11.0. The van der Waals surface area contributed by atoms with Gasteiger partial charge in [-0.05, 0) is 6.42 Å². The average molecular weight is 155 g/mol. The lowest BCUT2D eigenvalue weighted by molar-refractivity contribution is -0.124.